The topological polar surface area (TPSA) is 23.6 Å². The second-order valence-electron chi connectivity index (χ2n) is 5.26. The van der Waals surface area contributed by atoms with Gasteiger partial charge in [0.25, 0.3) is 0 Å². The monoisotopic (exact) mass is 210 g/mol. The zero-order valence-electron chi connectivity index (χ0n) is 9.91. The Labute approximate surface area is 92.4 Å². The lowest BCUT2D eigenvalue weighted by Gasteiger charge is -2.32. The van der Waals surface area contributed by atoms with Gasteiger partial charge in [-0.3, -0.25) is 4.79 Å². The van der Waals surface area contributed by atoms with Crippen molar-refractivity contribution < 1.29 is 4.79 Å². The van der Waals surface area contributed by atoms with E-state index < -0.39 is 0 Å². The van der Waals surface area contributed by atoms with E-state index >= 15 is 0 Å². The summed E-state index contributed by atoms with van der Waals surface area (Å²) in [6.07, 6.45) is 3.43. The molecule has 0 spiro atoms. The van der Waals surface area contributed by atoms with Crippen LogP contribution < -0.4 is 0 Å². The summed E-state index contributed by atoms with van der Waals surface area (Å²) in [5.74, 6) is 1.50. The van der Waals surface area contributed by atoms with Crippen molar-refractivity contribution in [1.29, 1.82) is 0 Å². The van der Waals surface area contributed by atoms with E-state index in [4.69, 9.17) is 0 Å². The molecule has 1 atom stereocenters. The molecule has 0 aliphatic carbocycles. The highest BCUT2D eigenvalue weighted by Gasteiger charge is 2.31. The molecular weight excluding hydrogens is 188 g/mol. The van der Waals surface area contributed by atoms with E-state index in [0.717, 1.165) is 38.5 Å². The van der Waals surface area contributed by atoms with Crippen molar-refractivity contribution in [3.05, 3.63) is 0 Å². The smallest absolute Gasteiger partial charge is 0.227 e. The standard InChI is InChI=1S/C12H22N2O/c1-10-3-7-14(8-4-10)12(15)11-5-6-13(2)9-11/h10-11H,3-9H2,1-2H3. The number of amides is 1. The Morgan fingerprint density at radius 1 is 1.13 bits per heavy atom. The Hall–Kier alpha value is -0.570. The Morgan fingerprint density at radius 2 is 1.80 bits per heavy atom. The van der Waals surface area contributed by atoms with Crippen molar-refractivity contribution in [3.63, 3.8) is 0 Å². The molecule has 3 heteroatoms. The quantitative estimate of drug-likeness (QED) is 0.649. The summed E-state index contributed by atoms with van der Waals surface area (Å²) in [5, 5.41) is 0. The molecule has 0 aromatic rings. The highest BCUT2D eigenvalue weighted by atomic mass is 16.2. The van der Waals surface area contributed by atoms with Crippen LogP contribution in [0.1, 0.15) is 26.2 Å². The molecule has 1 amide bonds. The van der Waals surface area contributed by atoms with Crippen molar-refractivity contribution in [1.82, 2.24) is 9.80 Å². The molecule has 0 radical (unpaired) electrons. The molecule has 2 aliphatic rings. The van der Waals surface area contributed by atoms with Crippen molar-refractivity contribution in [3.8, 4) is 0 Å². The molecule has 0 aromatic heterocycles. The van der Waals surface area contributed by atoms with Crippen LogP contribution in [0.15, 0.2) is 0 Å². The summed E-state index contributed by atoms with van der Waals surface area (Å²) >= 11 is 0. The van der Waals surface area contributed by atoms with Crippen LogP contribution in [0.4, 0.5) is 0 Å². The summed E-state index contributed by atoms with van der Waals surface area (Å²) in [5.41, 5.74) is 0. The van der Waals surface area contributed by atoms with Crippen LogP contribution in [0.5, 0.6) is 0 Å². The number of carbonyl (C=O) groups is 1. The number of carbonyl (C=O) groups excluding carboxylic acids is 1. The third-order valence-electron chi connectivity index (χ3n) is 3.84. The van der Waals surface area contributed by atoms with E-state index in [1.165, 1.54) is 12.8 Å². The van der Waals surface area contributed by atoms with Gasteiger partial charge in [-0.15, -0.1) is 0 Å². The van der Waals surface area contributed by atoms with Gasteiger partial charge in [-0.1, -0.05) is 6.92 Å². The van der Waals surface area contributed by atoms with Gasteiger partial charge in [-0.2, -0.15) is 0 Å². The van der Waals surface area contributed by atoms with E-state index in [1.54, 1.807) is 0 Å². The van der Waals surface area contributed by atoms with Crippen molar-refractivity contribution >= 4 is 5.91 Å². The lowest BCUT2D eigenvalue weighted by atomic mass is 9.97. The van der Waals surface area contributed by atoms with Crippen molar-refractivity contribution in [2.75, 3.05) is 33.2 Å². The average molecular weight is 210 g/mol. The summed E-state index contributed by atoms with van der Waals surface area (Å²) in [4.78, 5) is 16.5. The number of rotatable bonds is 1. The van der Waals surface area contributed by atoms with Gasteiger partial charge in [-0.05, 0) is 38.8 Å². The summed E-state index contributed by atoms with van der Waals surface area (Å²) < 4.78 is 0. The highest BCUT2D eigenvalue weighted by Crippen LogP contribution is 2.21. The molecular formula is C12H22N2O. The maximum absolute atomic E-state index is 12.2. The number of hydrogen-bond donors (Lipinski definition) is 0. The van der Waals surface area contributed by atoms with Crippen LogP contribution in [-0.4, -0.2) is 48.9 Å². The average Bonchev–Trinajstić information content (AvgIpc) is 2.65. The number of piperidine rings is 1. The Balaban J connectivity index is 1.85. The van der Waals surface area contributed by atoms with Crippen molar-refractivity contribution in [2.24, 2.45) is 11.8 Å². The predicted molar refractivity (Wildman–Crippen MR) is 60.6 cm³/mol. The van der Waals surface area contributed by atoms with Gasteiger partial charge >= 0.3 is 0 Å². The van der Waals surface area contributed by atoms with Crippen molar-refractivity contribution in [2.45, 2.75) is 26.2 Å². The maximum atomic E-state index is 12.2. The van der Waals surface area contributed by atoms with E-state index in [1.807, 2.05) is 0 Å². The normalized spacial score (nSPS) is 29.7. The SMILES string of the molecule is CC1CCN(C(=O)C2CCN(C)C2)CC1. The second-order valence-corrected chi connectivity index (χ2v) is 5.26. The van der Waals surface area contributed by atoms with Gasteiger partial charge in [0.2, 0.25) is 5.91 Å². The van der Waals surface area contributed by atoms with Gasteiger partial charge in [0.1, 0.15) is 0 Å². The molecule has 0 saturated carbocycles. The number of hydrogen-bond acceptors (Lipinski definition) is 2. The molecule has 2 aliphatic heterocycles. The van der Waals surface area contributed by atoms with Gasteiger partial charge in [-0.25, -0.2) is 0 Å². The van der Waals surface area contributed by atoms with Crippen LogP contribution in [0.3, 0.4) is 0 Å². The minimum atomic E-state index is 0.281. The first-order chi connectivity index (χ1) is 7.16. The van der Waals surface area contributed by atoms with Crippen LogP contribution in [0.2, 0.25) is 0 Å². The first-order valence-corrected chi connectivity index (χ1v) is 6.14. The molecule has 1 unspecified atom stereocenters. The third-order valence-corrected chi connectivity index (χ3v) is 3.84. The van der Waals surface area contributed by atoms with E-state index in [9.17, 15) is 4.79 Å². The number of nitrogens with zero attached hydrogens (tertiary/aromatic N) is 2. The van der Waals surface area contributed by atoms with Crippen LogP contribution in [0, 0.1) is 11.8 Å². The molecule has 15 heavy (non-hydrogen) atoms. The molecule has 0 N–H and O–H groups in total. The van der Waals surface area contributed by atoms with E-state index in [-0.39, 0.29) is 5.92 Å². The summed E-state index contributed by atoms with van der Waals surface area (Å²) in [6, 6.07) is 0. The van der Waals surface area contributed by atoms with Gasteiger partial charge in [0, 0.05) is 19.6 Å². The van der Waals surface area contributed by atoms with Gasteiger partial charge in [0.05, 0.1) is 5.92 Å². The number of likely N-dealkylation sites (tertiary alicyclic amines) is 2. The lowest BCUT2D eigenvalue weighted by molar-refractivity contribution is -0.136. The third kappa shape index (κ3) is 2.51. The first-order valence-electron chi connectivity index (χ1n) is 6.14. The van der Waals surface area contributed by atoms with Crippen LogP contribution >= 0.6 is 0 Å². The lowest BCUT2D eigenvalue weighted by Crippen LogP contribution is -2.42. The fourth-order valence-corrected chi connectivity index (χ4v) is 2.62. The summed E-state index contributed by atoms with van der Waals surface area (Å²) in [6.45, 7) is 6.30. The Kier molecular flexibility index (Phi) is 3.29. The summed E-state index contributed by atoms with van der Waals surface area (Å²) in [7, 11) is 2.10. The molecule has 2 saturated heterocycles. The molecule has 3 nitrogen and oxygen atoms in total. The predicted octanol–water partition coefficient (Wildman–Crippen LogP) is 1.20. The fraction of sp³-hybridized carbons (Fsp3) is 0.917. The van der Waals surface area contributed by atoms with Crippen LogP contribution in [-0.2, 0) is 4.79 Å². The molecule has 2 fully saturated rings. The molecule has 2 rings (SSSR count). The highest BCUT2D eigenvalue weighted by molar-refractivity contribution is 5.79. The fourth-order valence-electron chi connectivity index (χ4n) is 2.62. The molecule has 0 aromatic carbocycles. The van der Waals surface area contributed by atoms with Crippen LogP contribution in [0.25, 0.3) is 0 Å². The van der Waals surface area contributed by atoms with E-state index in [2.05, 4.69) is 23.8 Å². The minimum Gasteiger partial charge on any atom is -0.342 e. The Morgan fingerprint density at radius 3 is 2.33 bits per heavy atom. The molecule has 86 valence electrons. The van der Waals surface area contributed by atoms with E-state index in [0.29, 0.717) is 5.91 Å². The molecule has 0 bridgehead atoms. The second kappa shape index (κ2) is 4.52. The Bertz CT molecular complexity index is 234. The zero-order chi connectivity index (χ0) is 10.8. The zero-order valence-corrected chi connectivity index (χ0v) is 9.91. The minimum absolute atomic E-state index is 0.281. The maximum Gasteiger partial charge on any atom is 0.227 e. The van der Waals surface area contributed by atoms with Gasteiger partial charge < -0.3 is 9.80 Å². The van der Waals surface area contributed by atoms with Gasteiger partial charge in [0.15, 0.2) is 0 Å². The first kappa shape index (κ1) is 10.9. The largest absolute Gasteiger partial charge is 0.342 e. The molecule has 2 heterocycles.